The van der Waals surface area contributed by atoms with Crippen LogP contribution in [0.4, 0.5) is 0 Å². The van der Waals surface area contributed by atoms with Crippen LogP contribution in [0.2, 0.25) is 0 Å². The summed E-state index contributed by atoms with van der Waals surface area (Å²) < 4.78 is 0. The van der Waals surface area contributed by atoms with Crippen molar-refractivity contribution in [2.45, 2.75) is 44.1 Å². The fraction of sp³-hybridized carbons (Fsp3) is 0.438. The Labute approximate surface area is 108 Å². The molecule has 2 unspecified atom stereocenters. The molecule has 2 nitrogen and oxygen atoms in total. The van der Waals surface area contributed by atoms with Crippen molar-refractivity contribution in [1.82, 2.24) is 4.98 Å². The van der Waals surface area contributed by atoms with Crippen molar-refractivity contribution < 1.29 is 0 Å². The molecule has 18 heavy (non-hydrogen) atoms. The van der Waals surface area contributed by atoms with E-state index in [1.807, 2.05) is 12.3 Å². The molecule has 1 saturated carbocycles. The Morgan fingerprint density at radius 1 is 1.06 bits per heavy atom. The van der Waals surface area contributed by atoms with Crippen molar-refractivity contribution in [3.05, 3.63) is 42.1 Å². The molecule has 94 valence electrons. The Hall–Kier alpha value is -1.41. The fourth-order valence-corrected chi connectivity index (χ4v) is 3.07. The average molecular weight is 240 g/mol. The first-order valence-corrected chi connectivity index (χ1v) is 6.95. The molecule has 3 rings (SSSR count). The van der Waals surface area contributed by atoms with Gasteiger partial charge in [-0.2, -0.15) is 0 Å². The van der Waals surface area contributed by atoms with E-state index in [2.05, 4.69) is 29.2 Å². The van der Waals surface area contributed by atoms with Gasteiger partial charge in [-0.25, -0.2) is 0 Å². The van der Waals surface area contributed by atoms with Crippen molar-refractivity contribution in [3.8, 4) is 0 Å². The first kappa shape index (κ1) is 11.7. The minimum Gasteiger partial charge on any atom is -0.327 e. The Morgan fingerprint density at radius 3 is 2.89 bits per heavy atom. The van der Waals surface area contributed by atoms with E-state index in [-0.39, 0.29) is 0 Å². The highest BCUT2D eigenvalue weighted by atomic mass is 14.7. The van der Waals surface area contributed by atoms with E-state index in [4.69, 9.17) is 5.73 Å². The number of nitrogens with two attached hydrogens (primary N) is 1. The molecule has 1 aromatic heterocycles. The van der Waals surface area contributed by atoms with Gasteiger partial charge in [0.25, 0.3) is 0 Å². The van der Waals surface area contributed by atoms with Gasteiger partial charge >= 0.3 is 0 Å². The number of benzene rings is 1. The highest BCUT2D eigenvalue weighted by molar-refractivity contribution is 5.79. The summed E-state index contributed by atoms with van der Waals surface area (Å²) in [5.41, 5.74) is 8.81. The minimum absolute atomic E-state index is 0.321. The van der Waals surface area contributed by atoms with Crippen LogP contribution in [0.15, 0.2) is 36.5 Å². The van der Waals surface area contributed by atoms with E-state index >= 15 is 0 Å². The van der Waals surface area contributed by atoms with Crippen molar-refractivity contribution in [2.75, 3.05) is 0 Å². The lowest BCUT2D eigenvalue weighted by molar-refractivity contribution is 0.505. The van der Waals surface area contributed by atoms with Gasteiger partial charge in [0, 0.05) is 17.6 Å². The van der Waals surface area contributed by atoms with Crippen LogP contribution < -0.4 is 5.73 Å². The number of nitrogens with zero attached hydrogens (tertiary/aromatic N) is 1. The van der Waals surface area contributed by atoms with Gasteiger partial charge in [0.15, 0.2) is 0 Å². The maximum absolute atomic E-state index is 6.34. The lowest BCUT2D eigenvalue weighted by atomic mass is 9.87. The second-order valence-electron chi connectivity index (χ2n) is 5.36. The molecule has 2 heteroatoms. The van der Waals surface area contributed by atoms with Gasteiger partial charge in [0.05, 0.1) is 5.52 Å². The summed E-state index contributed by atoms with van der Waals surface area (Å²) in [7, 11) is 0. The van der Waals surface area contributed by atoms with Gasteiger partial charge in [0.2, 0.25) is 0 Å². The predicted octanol–water partition coefficient (Wildman–Crippen LogP) is 3.61. The van der Waals surface area contributed by atoms with Crippen LogP contribution in [0.5, 0.6) is 0 Å². The summed E-state index contributed by atoms with van der Waals surface area (Å²) in [5, 5.41) is 1.23. The molecule has 0 aliphatic heterocycles. The first-order valence-electron chi connectivity index (χ1n) is 6.95. The van der Waals surface area contributed by atoms with E-state index in [0.717, 1.165) is 11.9 Å². The SMILES string of the molecule is NC1CCCCCC1c1ccc2ncccc2c1. The molecule has 1 aliphatic carbocycles. The third-order valence-electron chi connectivity index (χ3n) is 4.12. The van der Waals surface area contributed by atoms with Crippen molar-refractivity contribution >= 4 is 10.9 Å². The highest BCUT2D eigenvalue weighted by Crippen LogP contribution is 2.32. The molecule has 0 bridgehead atoms. The van der Waals surface area contributed by atoms with Gasteiger partial charge in [-0.15, -0.1) is 0 Å². The second-order valence-corrected chi connectivity index (χ2v) is 5.36. The molecule has 0 spiro atoms. The third-order valence-corrected chi connectivity index (χ3v) is 4.12. The van der Waals surface area contributed by atoms with Crippen molar-refractivity contribution in [3.63, 3.8) is 0 Å². The molecule has 0 amide bonds. The van der Waals surface area contributed by atoms with Crippen molar-refractivity contribution in [2.24, 2.45) is 5.73 Å². The molecule has 0 saturated heterocycles. The lowest BCUT2D eigenvalue weighted by Crippen LogP contribution is -2.27. The summed E-state index contributed by atoms with van der Waals surface area (Å²) >= 11 is 0. The second kappa shape index (κ2) is 5.07. The van der Waals surface area contributed by atoms with Gasteiger partial charge in [0.1, 0.15) is 0 Å². The number of hydrogen-bond acceptors (Lipinski definition) is 2. The van der Waals surface area contributed by atoms with Crippen LogP contribution in [-0.4, -0.2) is 11.0 Å². The Balaban J connectivity index is 1.97. The fourth-order valence-electron chi connectivity index (χ4n) is 3.07. The standard InChI is InChI=1S/C16H20N2/c17-15-7-3-1-2-6-14(15)12-8-9-16-13(11-12)5-4-10-18-16/h4-5,8-11,14-15H,1-3,6-7,17H2. The molecule has 2 N–H and O–H groups in total. The van der Waals surface area contributed by atoms with Crippen LogP contribution in [0.25, 0.3) is 10.9 Å². The number of aromatic nitrogens is 1. The largest absolute Gasteiger partial charge is 0.327 e. The molecule has 1 aromatic carbocycles. The third kappa shape index (κ3) is 2.25. The number of hydrogen-bond donors (Lipinski definition) is 1. The zero-order chi connectivity index (χ0) is 12.4. The molecular formula is C16H20N2. The van der Waals surface area contributed by atoms with Crippen LogP contribution in [-0.2, 0) is 0 Å². The summed E-state index contributed by atoms with van der Waals surface area (Å²) in [4.78, 5) is 4.37. The molecule has 2 atom stereocenters. The van der Waals surface area contributed by atoms with E-state index in [0.29, 0.717) is 12.0 Å². The Bertz CT molecular complexity index is 535. The van der Waals surface area contributed by atoms with E-state index in [1.54, 1.807) is 0 Å². The van der Waals surface area contributed by atoms with E-state index in [9.17, 15) is 0 Å². The summed E-state index contributed by atoms with van der Waals surface area (Å²) in [6.07, 6.45) is 8.16. The molecule has 2 aromatic rings. The summed E-state index contributed by atoms with van der Waals surface area (Å²) in [5.74, 6) is 0.525. The first-order chi connectivity index (χ1) is 8.84. The number of pyridine rings is 1. The molecule has 0 radical (unpaired) electrons. The van der Waals surface area contributed by atoms with Gasteiger partial charge in [-0.1, -0.05) is 31.4 Å². The summed E-state index contributed by atoms with van der Waals surface area (Å²) in [6.45, 7) is 0. The quantitative estimate of drug-likeness (QED) is 0.773. The molecule has 1 aliphatic rings. The average Bonchev–Trinajstić information content (AvgIpc) is 2.63. The van der Waals surface area contributed by atoms with E-state index in [1.165, 1.54) is 36.6 Å². The highest BCUT2D eigenvalue weighted by Gasteiger charge is 2.22. The van der Waals surface area contributed by atoms with Crippen LogP contribution in [0, 0.1) is 0 Å². The molecule has 1 fully saturated rings. The smallest absolute Gasteiger partial charge is 0.0702 e. The van der Waals surface area contributed by atoms with Crippen LogP contribution >= 0.6 is 0 Å². The topological polar surface area (TPSA) is 38.9 Å². The predicted molar refractivity (Wildman–Crippen MR) is 75.5 cm³/mol. The van der Waals surface area contributed by atoms with Gasteiger partial charge < -0.3 is 5.73 Å². The zero-order valence-corrected chi connectivity index (χ0v) is 10.7. The van der Waals surface area contributed by atoms with Crippen molar-refractivity contribution in [1.29, 1.82) is 0 Å². The molecular weight excluding hydrogens is 220 g/mol. The summed E-state index contributed by atoms with van der Waals surface area (Å²) in [6, 6.07) is 11.1. The maximum atomic E-state index is 6.34. The number of rotatable bonds is 1. The maximum Gasteiger partial charge on any atom is 0.0702 e. The Morgan fingerprint density at radius 2 is 1.94 bits per heavy atom. The van der Waals surface area contributed by atoms with Gasteiger partial charge in [-0.05, 0) is 42.5 Å². The zero-order valence-electron chi connectivity index (χ0n) is 10.7. The minimum atomic E-state index is 0.321. The Kier molecular flexibility index (Phi) is 3.28. The van der Waals surface area contributed by atoms with Gasteiger partial charge in [-0.3, -0.25) is 4.98 Å². The monoisotopic (exact) mass is 240 g/mol. The normalized spacial score (nSPS) is 24.9. The lowest BCUT2D eigenvalue weighted by Gasteiger charge is -2.22. The molecule has 1 heterocycles. The number of fused-ring (bicyclic) bond motifs is 1. The van der Waals surface area contributed by atoms with E-state index < -0.39 is 0 Å². The van der Waals surface area contributed by atoms with Crippen LogP contribution in [0.1, 0.15) is 43.6 Å². The van der Waals surface area contributed by atoms with Crippen LogP contribution in [0.3, 0.4) is 0 Å².